The minimum Gasteiger partial charge on any atom is -0.488 e. The van der Waals surface area contributed by atoms with Crippen LogP contribution in [-0.2, 0) is 6.61 Å². The number of pyridine rings is 2. The Hall–Kier alpha value is -3.99. The zero-order valence-electron chi connectivity index (χ0n) is 16.6. The van der Waals surface area contributed by atoms with E-state index in [0.717, 1.165) is 22.3 Å². The van der Waals surface area contributed by atoms with E-state index in [1.165, 1.54) is 0 Å². The van der Waals surface area contributed by atoms with Crippen LogP contribution in [0.25, 0.3) is 11.1 Å². The summed E-state index contributed by atoms with van der Waals surface area (Å²) >= 11 is 0. The van der Waals surface area contributed by atoms with Gasteiger partial charge in [0.25, 0.3) is 5.91 Å². The molecule has 30 heavy (non-hydrogen) atoms. The molecule has 0 bridgehead atoms. The summed E-state index contributed by atoms with van der Waals surface area (Å²) in [5, 5.41) is 2.95. The van der Waals surface area contributed by atoms with Crippen LogP contribution in [0, 0.1) is 6.92 Å². The van der Waals surface area contributed by atoms with Crippen LogP contribution < -0.4 is 10.1 Å². The number of nitrogens with zero attached hydrogens (tertiary/aromatic N) is 2. The number of carbonyl (C=O) groups excluding carboxylic acids is 1. The molecule has 0 unspecified atom stereocenters. The minimum absolute atomic E-state index is 0.245. The molecule has 0 aliphatic carbocycles. The van der Waals surface area contributed by atoms with E-state index >= 15 is 0 Å². The summed E-state index contributed by atoms with van der Waals surface area (Å²) in [6, 6.07) is 21.2. The van der Waals surface area contributed by atoms with Gasteiger partial charge in [-0.1, -0.05) is 36.4 Å². The van der Waals surface area contributed by atoms with E-state index < -0.39 is 0 Å². The maximum atomic E-state index is 13.2. The molecule has 0 radical (unpaired) electrons. The van der Waals surface area contributed by atoms with Crippen molar-refractivity contribution >= 4 is 11.6 Å². The van der Waals surface area contributed by atoms with Crippen LogP contribution in [0.1, 0.15) is 21.5 Å². The first-order valence-electron chi connectivity index (χ1n) is 9.64. The lowest BCUT2D eigenvalue weighted by Gasteiger charge is -2.14. The summed E-state index contributed by atoms with van der Waals surface area (Å²) < 4.78 is 6.01. The molecule has 2 heterocycles. The molecule has 0 spiro atoms. The van der Waals surface area contributed by atoms with E-state index in [2.05, 4.69) is 15.3 Å². The predicted molar refractivity (Wildman–Crippen MR) is 117 cm³/mol. The number of hydrogen-bond donors (Lipinski definition) is 1. The SMILES string of the molecule is Cc1ccncc1NC(=O)c1cc(-c2ccncc2)ccc1OCc1ccccc1. The molecule has 4 rings (SSSR count). The molecule has 2 aromatic heterocycles. The zero-order valence-corrected chi connectivity index (χ0v) is 16.6. The quantitative estimate of drug-likeness (QED) is 0.482. The Morgan fingerprint density at radius 2 is 1.67 bits per heavy atom. The standard InChI is InChI=1S/C25H21N3O2/c1-18-9-12-27-16-23(18)28-25(29)22-15-21(20-10-13-26-14-11-20)7-8-24(22)30-17-19-5-3-2-4-6-19/h2-16H,17H2,1H3,(H,28,29). The lowest BCUT2D eigenvalue weighted by atomic mass is 10.0. The summed E-state index contributed by atoms with van der Waals surface area (Å²) in [5.41, 5.74) is 5.00. The largest absolute Gasteiger partial charge is 0.488 e. The number of aromatic nitrogens is 2. The molecule has 0 aliphatic rings. The Kier molecular flexibility index (Phi) is 5.80. The molecule has 4 aromatic rings. The lowest BCUT2D eigenvalue weighted by molar-refractivity contribution is 0.102. The van der Waals surface area contributed by atoms with Gasteiger partial charge < -0.3 is 10.1 Å². The molecule has 1 amide bonds. The molecule has 5 heteroatoms. The zero-order chi connectivity index (χ0) is 20.8. The average molecular weight is 395 g/mol. The van der Waals surface area contributed by atoms with E-state index in [4.69, 9.17) is 4.74 Å². The van der Waals surface area contributed by atoms with Crippen LogP contribution >= 0.6 is 0 Å². The van der Waals surface area contributed by atoms with Crippen molar-refractivity contribution in [2.45, 2.75) is 13.5 Å². The van der Waals surface area contributed by atoms with Gasteiger partial charge in [0.05, 0.1) is 17.4 Å². The number of aryl methyl sites for hydroxylation is 1. The fourth-order valence-electron chi connectivity index (χ4n) is 3.08. The molecule has 0 atom stereocenters. The molecule has 0 saturated carbocycles. The van der Waals surface area contributed by atoms with Gasteiger partial charge in [0.15, 0.2) is 0 Å². The fraction of sp³-hybridized carbons (Fsp3) is 0.0800. The average Bonchev–Trinajstić information content (AvgIpc) is 2.80. The molecule has 5 nitrogen and oxygen atoms in total. The third-order valence-electron chi connectivity index (χ3n) is 4.76. The van der Waals surface area contributed by atoms with E-state index in [1.807, 2.05) is 73.7 Å². The van der Waals surface area contributed by atoms with Gasteiger partial charge in [-0.15, -0.1) is 0 Å². The number of amides is 1. The normalized spacial score (nSPS) is 10.4. The first kappa shape index (κ1) is 19.3. The number of rotatable bonds is 6. The van der Waals surface area contributed by atoms with E-state index in [9.17, 15) is 4.79 Å². The number of carbonyl (C=O) groups is 1. The number of nitrogens with one attached hydrogen (secondary N) is 1. The van der Waals surface area contributed by atoms with E-state index in [-0.39, 0.29) is 5.91 Å². The highest BCUT2D eigenvalue weighted by Gasteiger charge is 2.16. The van der Waals surface area contributed by atoms with Crippen molar-refractivity contribution in [2.24, 2.45) is 0 Å². The Balaban J connectivity index is 1.66. The molecule has 0 fully saturated rings. The second kappa shape index (κ2) is 9.01. The number of benzene rings is 2. The van der Waals surface area contributed by atoms with Crippen molar-refractivity contribution in [1.82, 2.24) is 9.97 Å². The molecule has 0 saturated heterocycles. The summed E-state index contributed by atoms with van der Waals surface area (Å²) in [5.74, 6) is 0.278. The molecular formula is C25H21N3O2. The monoisotopic (exact) mass is 395 g/mol. The Morgan fingerprint density at radius 3 is 2.43 bits per heavy atom. The van der Waals surface area contributed by atoms with Gasteiger partial charge in [-0.3, -0.25) is 14.8 Å². The smallest absolute Gasteiger partial charge is 0.259 e. The first-order chi connectivity index (χ1) is 14.7. The summed E-state index contributed by atoms with van der Waals surface area (Å²) in [4.78, 5) is 21.3. The van der Waals surface area contributed by atoms with Crippen molar-refractivity contribution < 1.29 is 9.53 Å². The van der Waals surface area contributed by atoms with Crippen molar-refractivity contribution in [3.05, 3.63) is 108 Å². The van der Waals surface area contributed by atoms with Gasteiger partial charge in [-0.25, -0.2) is 0 Å². The van der Waals surface area contributed by atoms with Gasteiger partial charge in [0.1, 0.15) is 12.4 Å². The summed E-state index contributed by atoms with van der Waals surface area (Å²) in [7, 11) is 0. The third kappa shape index (κ3) is 4.52. The number of anilines is 1. The Labute approximate surface area is 175 Å². The molecule has 2 aromatic carbocycles. The molecular weight excluding hydrogens is 374 g/mol. The van der Waals surface area contributed by atoms with E-state index in [0.29, 0.717) is 23.6 Å². The van der Waals surface area contributed by atoms with Crippen molar-refractivity contribution in [2.75, 3.05) is 5.32 Å². The van der Waals surface area contributed by atoms with Gasteiger partial charge in [0.2, 0.25) is 0 Å². The summed E-state index contributed by atoms with van der Waals surface area (Å²) in [6.45, 7) is 2.30. The highest BCUT2D eigenvalue weighted by Crippen LogP contribution is 2.28. The van der Waals surface area contributed by atoms with Gasteiger partial charge in [-0.05, 0) is 59.5 Å². The molecule has 148 valence electrons. The van der Waals surface area contributed by atoms with Crippen LogP contribution in [0.5, 0.6) is 5.75 Å². The van der Waals surface area contributed by atoms with Crippen molar-refractivity contribution in [1.29, 1.82) is 0 Å². The lowest BCUT2D eigenvalue weighted by Crippen LogP contribution is -2.15. The third-order valence-corrected chi connectivity index (χ3v) is 4.76. The first-order valence-corrected chi connectivity index (χ1v) is 9.64. The van der Waals surface area contributed by atoms with Crippen LogP contribution in [0.15, 0.2) is 91.5 Å². The topological polar surface area (TPSA) is 64.1 Å². The van der Waals surface area contributed by atoms with Crippen molar-refractivity contribution in [3.8, 4) is 16.9 Å². The Morgan fingerprint density at radius 1 is 0.900 bits per heavy atom. The van der Waals surface area contributed by atoms with Crippen LogP contribution in [0.4, 0.5) is 5.69 Å². The highest BCUT2D eigenvalue weighted by atomic mass is 16.5. The van der Waals surface area contributed by atoms with E-state index in [1.54, 1.807) is 24.8 Å². The number of hydrogen-bond acceptors (Lipinski definition) is 4. The maximum Gasteiger partial charge on any atom is 0.259 e. The van der Waals surface area contributed by atoms with Crippen LogP contribution in [0.2, 0.25) is 0 Å². The maximum absolute atomic E-state index is 13.2. The van der Waals surface area contributed by atoms with Crippen LogP contribution in [0.3, 0.4) is 0 Å². The van der Waals surface area contributed by atoms with Gasteiger partial charge in [-0.2, -0.15) is 0 Å². The minimum atomic E-state index is -0.245. The van der Waals surface area contributed by atoms with Crippen molar-refractivity contribution in [3.63, 3.8) is 0 Å². The highest BCUT2D eigenvalue weighted by molar-refractivity contribution is 6.07. The second-order valence-corrected chi connectivity index (χ2v) is 6.87. The Bertz CT molecular complexity index is 1150. The summed E-state index contributed by atoms with van der Waals surface area (Å²) in [6.07, 6.45) is 6.80. The predicted octanol–water partition coefficient (Wildman–Crippen LogP) is 5.28. The van der Waals surface area contributed by atoms with Gasteiger partial charge >= 0.3 is 0 Å². The molecule has 0 aliphatic heterocycles. The second-order valence-electron chi connectivity index (χ2n) is 6.87. The fourth-order valence-corrected chi connectivity index (χ4v) is 3.08. The number of ether oxygens (including phenoxy) is 1. The molecule has 1 N–H and O–H groups in total. The van der Waals surface area contributed by atoms with Crippen LogP contribution in [-0.4, -0.2) is 15.9 Å². The van der Waals surface area contributed by atoms with Gasteiger partial charge in [0, 0.05) is 18.6 Å².